The average molecular weight is 220 g/mol. The first-order valence-corrected chi connectivity index (χ1v) is 6.40. The molecule has 78 valence electrons. The van der Waals surface area contributed by atoms with E-state index >= 15 is 0 Å². The van der Waals surface area contributed by atoms with Crippen molar-refractivity contribution in [2.75, 3.05) is 17.6 Å². The molecule has 0 radical (unpaired) electrons. The summed E-state index contributed by atoms with van der Waals surface area (Å²) in [6.07, 6.45) is 0.937. The van der Waals surface area contributed by atoms with Crippen molar-refractivity contribution in [1.82, 2.24) is 0 Å². The van der Waals surface area contributed by atoms with Gasteiger partial charge in [0.2, 0.25) is 0 Å². The number of rotatable bonds is 0. The third-order valence-corrected chi connectivity index (χ3v) is 3.79. The fourth-order valence-corrected chi connectivity index (χ4v) is 2.85. The van der Waals surface area contributed by atoms with Crippen molar-refractivity contribution < 1.29 is 4.21 Å². The van der Waals surface area contributed by atoms with E-state index in [-0.39, 0.29) is 0 Å². The van der Waals surface area contributed by atoms with Gasteiger partial charge in [-0.1, -0.05) is 0 Å². The topological polar surface area (TPSA) is 52.9 Å². The third kappa shape index (κ3) is 2.37. The minimum atomic E-state index is -0.790. The third-order valence-electron chi connectivity index (χ3n) is 2.42. The predicted octanol–water partition coefficient (Wildman–Crippen LogP) is 1.62. The molecular weight excluding hydrogens is 208 g/mol. The first-order chi connectivity index (χ1) is 7.29. The van der Waals surface area contributed by atoms with E-state index in [1.54, 1.807) is 6.07 Å². The van der Waals surface area contributed by atoms with Crippen LogP contribution in [0.3, 0.4) is 0 Å². The summed E-state index contributed by atoms with van der Waals surface area (Å²) in [6, 6.07) is 7.61. The Kier molecular flexibility index (Phi) is 3.02. The van der Waals surface area contributed by atoms with Gasteiger partial charge in [-0.15, -0.1) is 0 Å². The molecule has 0 bridgehead atoms. The lowest BCUT2D eigenvalue weighted by atomic mass is 10.1. The van der Waals surface area contributed by atoms with Crippen molar-refractivity contribution >= 4 is 16.5 Å². The van der Waals surface area contributed by atoms with Crippen molar-refractivity contribution in [3.05, 3.63) is 29.3 Å². The number of hydrogen-bond acceptors (Lipinski definition) is 3. The molecule has 0 saturated carbocycles. The van der Waals surface area contributed by atoms with Crippen LogP contribution in [-0.2, 0) is 16.6 Å². The summed E-state index contributed by atoms with van der Waals surface area (Å²) in [7, 11) is -0.790. The average Bonchev–Trinajstić information content (AvgIpc) is 2.22. The van der Waals surface area contributed by atoms with E-state index in [9.17, 15) is 4.21 Å². The van der Waals surface area contributed by atoms with E-state index in [4.69, 9.17) is 5.26 Å². The molecule has 0 amide bonds. The Morgan fingerprint density at radius 1 is 1.47 bits per heavy atom. The van der Waals surface area contributed by atoms with E-state index in [1.807, 2.05) is 12.1 Å². The van der Waals surface area contributed by atoms with Crippen molar-refractivity contribution in [2.45, 2.75) is 12.2 Å². The molecule has 0 saturated heterocycles. The van der Waals surface area contributed by atoms with Gasteiger partial charge in [-0.25, -0.2) is 0 Å². The molecule has 1 aromatic carbocycles. The normalized spacial score (nSPS) is 20.3. The number of hydrogen-bond donors (Lipinski definition) is 1. The molecule has 1 atom stereocenters. The highest BCUT2D eigenvalue weighted by molar-refractivity contribution is 7.84. The van der Waals surface area contributed by atoms with Gasteiger partial charge in [-0.3, -0.25) is 4.21 Å². The quantitative estimate of drug-likeness (QED) is 0.723. The second kappa shape index (κ2) is 4.45. The Morgan fingerprint density at radius 2 is 2.33 bits per heavy atom. The molecule has 0 spiro atoms. The summed E-state index contributed by atoms with van der Waals surface area (Å²) in [6.45, 7) is 0.852. The maximum Gasteiger partial charge on any atom is 0.0991 e. The number of benzene rings is 1. The number of nitriles is 1. The smallest absolute Gasteiger partial charge is 0.0991 e. The summed E-state index contributed by atoms with van der Waals surface area (Å²) >= 11 is 0. The highest BCUT2D eigenvalue weighted by Crippen LogP contribution is 2.21. The number of nitrogens with zero attached hydrogens (tertiary/aromatic N) is 1. The van der Waals surface area contributed by atoms with Crippen LogP contribution in [0.5, 0.6) is 0 Å². The van der Waals surface area contributed by atoms with Crippen LogP contribution >= 0.6 is 0 Å². The summed E-state index contributed by atoms with van der Waals surface area (Å²) in [5.41, 5.74) is 2.64. The van der Waals surface area contributed by atoms with Gasteiger partial charge < -0.3 is 5.32 Å². The van der Waals surface area contributed by atoms with Crippen molar-refractivity contribution in [3.8, 4) is 6.07 Å². The number of nitrogens with one attached hydrogen (secondary N) is 1. The number of anilines is 1. The number of fused-ring (bicyclic) bond motifs is 1. The zero-order valence-electron chi connectivity index (χ0n) is 8.32. The van der Waals surface area contributed by atoms with Crippen LogP contribution in [0.25, 0.3) is 0 Å². The minimum Gasteiger partial charge on any atom is -0.385 e. The zero-order chi connectivity index (χ0) is 10.7. The molecule has 0 fully saturated rings. The Bertz CT molecular complexity index is 437. The molecule has 0 aliphatic carbocycles. The maximum atomic E-state index is 11.6. The van der Waals surface area contributed by atoms with Crippen LogP contribution in [0.15, 0.2) is 18.2 Å². The Morgan fingerprint density at radius 3 is 3.13 bits per heavy atom. The standard InChI is InChI=1S/C11H12N2OS/c12-7-9-2-3-11-10(6-9)8-15(14)5-1-4-13-11/h2-3,6,13H,1,4-5,8H2. The van der Waals surface area contributed by atoms with Crippen molar-refractivity contribution in [3.63, 3.8) is 0 Å². The molecule has 2 rings (SSSR count). The zero-order valence-corrected chi connectivity index (χ0v) is 9.14. The molecule has 1 aliphatic heterocycles. The summed E-state index contributed by atoms with van der Waals surface area (Å²) in [4.78, 5) is 0. The molecule has 1 aliphatic rings. The van der Waals surface area contributed by atoms with Crippen LogP contribution < -0.4 is 5.32 Å². The fourth-order valence-electron chi connectivity index (χ4n) is 1.66. The van der Waals surface area contributed by atoms with Gasteiger partial charge in [0.05, 0.1) is 17.4 Å². The second-order valence-corrected chi connectivity index (χ2v) is 5.13. The van der Waals surface area contributed by atoms with Crippen LogP contribution in [0, 0.1) is 11.3 Å². The summed E-state index contributed by atoms with van der Waals surface area (Å²) < 4.78 is 11.6. The van der Waals surface area contributed by atoms with Crippen LogP contribution in [0.2, 0.25) is 0 Å². The first kappa shape index (κ1) is 10.2. The van der Waals surface area contributed by atoms with Crippen LogP contribution in [-0.4, -0.2) is 16.5 Å². The summed E-state index contributed by atoms with van der Waals surface area (Å²) in [5.74, 6) is 1.29. The molecule has 1 N–H and O–H groups in total. The van der Waals surface area contributed by atoms with Gasteiger partial charge in [0.25, 0.3) is 0 Å². The predicted molar refractivity (Wildman–Crippen MR) is 61.0 cm³/mol. The van der Waals surface area contributed by atoms with Crippen LogP contribution in [0.4, 0.5) is 5.69 Å². The SMILES string of the molecule is N#Cc1ccc2c(c1)CS(=O)CCCN2. The Balaban J connectivity index is 2.38. The molecule has 0 aromatic heterocycles. The maximum absolute atomic E-state index is 11.6. The lowest BCUT2D eigenvalue weighted by molar-refractivity contribution is 0.680. The van der Waals surface area contributed by atoms with Gasteiger partial charge in [-0.05, 0) is 30.2 Å². The molecule has 1 heterocycles. The second-order valence-electron chi connectivity index (χ2n) is 3.55. The van der Waals surface area contributed by atoms with E-state index in [0.717, 1.165) is 30.0 Å². The van der Waals surface area contributed by atoms with Gasteiger partial charge in [0, 0.05) is 28.8 Å². The minimum absolute atomic E-state index is 0.553. The van der Waals surface area contributed by atoms with E-state index in [0.29, 0.717) is 11.3 Å². The van der Waals surface area contributed by atoms with Crippen molar-refractivity contribution in [1.29, 1.82) is 5.26 Å². The first-order valence-electron chi connectivity index (χ1n) is 4.91. The highest BCUT2D eigenvalue weighted by Gasteiger charge is 2.11. The van der Waals surface area contributed by atoms with Crippen LogP contribution in [0.1, 0.15) is 17.5 Å². The molecule has 1 aromatic rings. The van der Waals surface area contributed by atoms with Gasteiger partial charge >= 0.3 is 0 Å². The Hall–Kier alpha value is -1.34. The highest BCUT2D eigenvalue weighted by atomic mass is 32.2. The van der Waals surface area contributed by atoms with E-state index in [1.165, 1.54) is 0 Å². The Labute approximate surface area is 91.6 Å². The lowest BCUT2D eigenvalue weighted by Gasteiger charge is -2.15. The monoisotopic (exact) mass is 220 g/mol. The molecule has 4 heteroatoms. The summed E-state index contributed by atoms with van der Waals surface area (Å²) in [5, 5.41) is 12.1. The largest absolute Gasteiger partial charge is 0.385 e. The fraction of sp³-hybridized carbons (Fsp3) is 0.364. The molecule has 15 heavy (non-hydrogen) atoms. The van der Waals surface area contributed by atoms with Gasteiger partial charge in [0.15, 0.2) is 0 Å². The van der Waals surface area contributed by atoms with E-state index in [2.05, 4.69) is 11.4 Å². The molecule has 1 unspecified atom stereocenters. The van der Waals surface area contributed by atoms with Crippen molar-refractivity contribution in [2.24, 2.45) is 0 Å². The van der Waals surface area contributed by atoms with Gasteiger partial charge in [0.1, 0.15) is 0 Å². The molecular formula is C11H12N2OS. The van der Waals surface area contributed by atoms with E-state index < -0.39 is 10.8 Å². The van der Waals surface area contributed by atoms with Gasteiger partial charge in [-0.2, -0.15) is 5.26 Å². The lowest BCUT2D eigenvalue weighted by Crippen LogP contribution is -2.14. The molecule has 3 nitrogen and oxygen atoms in total.